The highest BCUT2D eigenvalue weighted by Gasteiger charge is 2.36. The minimum absolute atomic E-state index is 0.136. The summed E-state index contributed by atoms with van der Waals surface area (Å²) in [5, 5.41) is 0. The zero-order valence-electron chi connectivity index (χ0n) is 8.90. The molecule has 0 spiro atoms. The Kier molecular flexibility index (Phi) is 3.10. The quantitative estimate of drug-likeness (QED) is 0.785. The maximum Gasteiger partial charge on any atom is 0.152 e. The van der Waals surface area contributed by atoms with Crippen molar-refractivity contribution in [2.75, 3.05) is 5.75 Å². The van der Waals surface area contributed by atoms with Crippen molar-refractivity contribution in [3.05, 3.63) is 30.1 Å². The molecule has 1 aromatic heterocycles. The third kappa shape index (κ3) is 2.40. The Morgan fingerprint density at radius 2 is 2.27 bits per heavy atom. The van der Waals surface area contributed by atoms with E-state index in [0.29, 0.717) is 12.2 Å². The number of hydrogen-bond donors (Lipinski definition) is 0. The number of aromatic nitrogens is 1. The molecule has 0 N–H and O–H groups in total. The summed E-state index contributed by atoms with van der Waals surface area (Å²) in [6.45, 7) is 2.08. The van der Waals surface area contributed by atoms with E-state index < -0.39 is 0 Å². The molecular weight excluding hydrogens is 206 g/mol. The highest BCUT2D eigenvalue weighted by molar-refractivity contribution is 8.01. The van der Waals surface area contributed by atoms with Crippen molar-refractivity contribution in [1.29, 1.82) is 0 Å². The van der Waals surface area contributed by atoms with E-state index in [2.05, 4.69) is 11.9 Å². The number of Topliss-reactive ketones (excluding diaryl/α,β-unsaturated/α-hetero) is 1. The Hall–Kier alpha value is -0.830. The number of nitrogens with zero attached hydrogens (tertiary/aromatic N) is 1. The number of ketones is 1. The van der Waals surface area contributed by atoms with E-state index in [1.807, 2.05) is 12.1 Å². The van der Waals surface area contributed by atoms with Crippen molar-refractivity contribution in [3.63, 3.8) is 0 Å². The molecule has 0 aromatic carbocycles. The minimum atomic E-state index is -0.136. The molecule has 1 atom stereocenters. The summed E-state index contributed by atoms with van der Waals surface area (Å²) in [4.78, 5) is 16.0. The van der Waals surface area contributed by atoms with E-state index in [1.54, 1.807) is 24.2 Å². The van der Waals surface area contributed by atoms with Crippen LogP contribution in [0.2, 0.25) is 0 Å². The molecule has 1 aliphatic rings. The Morgan fingerprint density at radius 3 is 2.87 bits per heavy atom. The molecule has 1 fully saturated rings. The lowest BCUT2D eigenvalue weighted by Crippen LogP contribution is -2.30. The third-order valence-electron chi connectivity index (χ3n) is 2.92. The summed E-state index contributed by atoms with van der Waals surface area (Å²) in [5.41, 5.74) is 1.07. The maximum atomic E-state index is 12.1. The molecule has 15 heavy (non-hydrogen) atoms. The van der Waals surface area contributed by atoms with E-state index >= 15 is 0 Å². The van der Waals surface area contributed by atoms with Gasteiger partial charge in [-0.2, -0.15) is 0 Å². The molecule has 1 aromatic rings. The summed E-state index contributed by atoms with van der Waals surface area (Å²) in [5.74, 6) is 1.48. The molecular formula is C12H15NOS. The Labute approximate surface area is 94.5 Å². The largest absolute Gasteiger partial charge is 0.298 e. The highest BCUT2D eigenvalue weighted by Crippen LogP contribution is 2.39. The summed E-state index contributed by atoms with van der Waals surface area (Å²) in [6.07, 6.45) is 6.23. The minimum Gasteiger partial charge on any atom is -0.298 e. The number of carbonyl (C=O) groups is 1. The fourth-order valence-electron chi connectivity index (χ4n) is 1.87. The molecule has 80 valence electrons. The predicted molar refractivity (Wildman–Crippen MR) is 63.0 cm³/mol. The second-order valence-electron chi connectivity index (χ2n) is 4.14. The molecule has 1 saturated heterocycles. The lowest BCUT2D eigenvalue weighted by molar-refractivity contribution is -0.120. The van der Waals surface area contributed by atoms with Crippen LogP contribution in [0.25, 0.3) is 0 Å². The van der Waals surface area contributed by atoms with Gasteiger partial charge < -0.3 is 0 Å². The van der Waals surface area contributed by atoms with Gasteiger partial charge in [0.2, 0.25) is 0 Å². The van der Waals surface area contributed by atoms with E-state index in [4.69, 9.17) is 0 Å². The van der Waals surface area contributed by atoms with Gasteiger partial charge in [0.05, 0.1) is 4.75 Å². The molecule has 0 bridgehead atoms. The predicted octanol–water partition coefficient (Wildman–Crippen LogP) is 2.48. The van der Waals surface area contributed by atoms with E-state index in [1.165, 1.54) is 6.42 Å². The van der Waals surface area contributed by atoms with Crippen LogP contribution in [0.15, 0.2) is 24.5 Å². The van der Waals surface area contributed by atoms with Crippen LogP contribution in [0, 0.1) is 0 Å². The lowest BCUT2D eigenvalue weighted by atomic mass is 9.95. The first kappa shape index (κ1) is 10.7. The summed E-state index contributed by atoms with van der Waals surface area (Å²) in [6, 6.07) is 3.84. The van der Waals surface area contributed by atoms with Crippen molar-refractivity contribution in [1.82, 2.24) is 4.98 Å². The summed E-state index contributed by atoms with van der Waals surface area (Å²) in [7, 11) is 0. The first-order chi connectivity index (χ1) is 7.21. The van der Waals surface area contributed by atoms with Gasteiger partial charge in [-0.1, -0.05) is 0 Å². The van der Waals surface area contributed by atoms with Crippen LogP contribution in [0.5, 0.6) is 0 Å². The number of rotatable bonds is 3. The summed E-state index contributed by atoms with van der Waals surface area (Å²) < 4.78 is -0.136. The van der Waals surface area contributed by atoms with Crippen molar-refractivity contribution >= 4 is 17.5 Å². The molecule has 0 saturated carbocycles. The molecule has 1 aliphatic heterocycles. The van der Waals surface area contributed by atoms with E-state index in [9.17, 15) is 4.79 Å². The fraction of sp³-hybridized carbons (Fsp3) is 0.500. The molecule has 1 unspecified atom stereocenters. The van der Waals surface area contributed by atoms with Crippen molar-refractivity contribution in [3.8, 4) is 0 Å². The standard InChI is InChI=1S/C12H15NOS/c1-12(5-2-8-15-12)11(14)9-10-3-6-13-7-4-10/h3-4,6-7H,2,5,8-9H2,1H3. The second-order valence-corrected chi connectivity index (χ2v) is 5.74. The van der Waals surface area contributed by atoms with Gasteiger partial charge in [0, 0.05) is 18.8 Å². The molecule has 2 heterocycles. The first-order valence-corrected chi connectivity index (χ1v) is 6.25. The Balaban J connectivity index is 2.04. The van der Waals surface area contributed by atoms with Gasteiger partial charge in [0.25, 0.3) is 0 Å². The third-order valence-corrected chi connectivity index (χ3v) is 4.48. The second kappa shape index (κ2) is 4.35. The fourth-order valence-corrected chi connectivity index (χ4v) is 3.13. The number of pyridine rings is 1. The average molecular weight is 221 g/mol. The van der Waals surface area contributed by atoms with Crippen molar-refractivity contribution < 1.29 is 4.79 Å². The van der Waals surface area contributed by atoms with Crippen LogP contribution in [0.4, 0.5) is 0 Å². The van der Waals surface area contributed by atoms with Gasteiger partial charge in [-0.05, 0) is 43.2 Å². The molecule has 2 rings (SSSR count). The molecule has 0 amide bonds. The molecule has 0 aliphatic carbocycles. The maximum absolute atomic E-state index is 12.1. The normalized spacial score (nSPS) is 25.4. The lowest BCUT2D eigenvalue weighted by Gasteiger charge is -2.20. The van der Waals surface area contributed by atoms with Crippen molar-refractivity contribution in [2.45, 2.75) is 30.9 Å². The van der Waals surface area contributed by atoms with Crippen LogP contribution in [-0.2, 0) is 11.2 Å². The Bertz CT molecular complexity index is 344. The smallest absolute Gasteiger partial charge is 0.152 e. The van der Waals surface area contributed by atoms with Crippen LogP contribution in [-0.4, -0.2) is 21.3 Å². The Morgan fingerprint density at radius 1 is 1.53 bits per heavy atom. The van der Waals surface area contributed by atoms with E-state index in [0.717, 1.165) is 17.7 Å². The van der Waals surface area contributed by atoms with Gasteiger partial charge >= 0.3 is 0 Å². The van der Waals surface area contributed by atoms with Gasteiger partial charge in [0.15, 0.2) is 5.78 Å². The van der Waals surface area contributed by atoms with Gasteiger partial charge in [0.1, 0.15) is 0 Å². The van der Waals surface area contributed by atoms with Crippen LogP contribution in [0.1, 0.15) is 25.3 Å². The summed E-state index contributed by atoms with van der Waals surface area (Å²) >= 11 is 1.81. The molecule has 2 nitrogen and oxygen atoms in total. The van der Waals surface area contributed by atoms with Gasteiger partial charge in [-0.15, -0.1) is 11.8 Å². The number of thioether (sulfide) groups is 1. The van der Waals surface area contributed by atoms with Crippen LogP contribution >= 0.6 is 11.8 Å². The van der Waals surface area contributed by atoms with Crippen LogP contribution < -0.4 is 0 Å². The number of hydrogen-bond acceptors (Lipinski definition) is 3. The monoisotopic (exact) mass is 221 g/mol. The SMILES string of the molecule is CC1(C(=O)Cc2ccncc2)CCCS1. The topological polar surface area (TPSA) is 30.0 Å². The number of carbonyl (C=O) groups excluding carboxylic acids is 1. The van der Waals surface area contributed by atoms with E-state index in [-0.39, 0.29) is 4.75 Å². The highest BCUT2D eigenvalue weighted by atomic mass is 32.2. The average Bonchev–Trinajstić information content (AvgIpc) is 2.68. The van der Waals surface area contributed by atoms with Gasteiger partial charge in [-0.25, -0.2) is 0 Å². The van der Waals surface area contributed by atoms with Gasteiger partial charge in [-0.3, -0.25) is 9.78 Å². The molecule has 3 heteroatoms. The first-order valence-electron chi connectivity index (χ1n) is 5.27. The molecule has 0 radical (unpaired) electrons. The van der Waals surface area contributed by atoms with Crippen molar-refractivity contribution in [2.24, 2.45) is 0 Å². The zero-order valence-corrected chi connectivity index (χ0v) is 9.72. The van der Waals surface area contributed by atoms with Crippen LogP contribution in [0.3, 0.4) is 0 Å². The zero-order chi connectivity index (χ0) is 10.7.